The molecule has 0 saturated carbocycles. The van der Waals surface area contributed by atoms with Crippen molar-refractivity contribution in [3.63, 3.8) is 0 Å². The standard InChI is InChI=1S/C14H20N2O2S/c1-14(2,3)9-16-7-11(6-12(16)17)15-13(18)10-4-5-19-8-10/h4-5,8,11H,6-7,9H2,1-3H3,(H,15,18)/t11-/m1/s1. The van der Waals surface area contributed by atoms with Crippen LogP contribution >= 0.6 is 11.3 Å². The van der Waals surface area contributed by atoms with Crippen molar-refractivity contribution in [3.05, 3.63) is 22.4 Å². The molecule has 0 aliphatic carbocycles. The van der Waals surface area contributed by atoms with Crippen LogP contribution in [0.3, 0.4) is 0 Å². The second kappa shape index (κ2) is 5.33. The summed E-state index contributed by atoms with van der Waals surface area (Å²) in [4.78, 5) is 25.7. The first-order valence-corrected chi connectivity index (χ1v) is 7.40. The molecule has 2 heterocycles. The van der Waals surface area contributed by atoms with Crippen LogP contribution in [0, 0.1) is 5.41 Å². The fourth-order valence-corrected chi connectivity index (χ4v) is 2.89. The zero-order valence-corrected chi connectivity index (χ0v) is 12.4. The lowest BCUT2D eigenvalue weighted by molar-refractivity contribution is -0.128. The highest BCUT2D eigenvalue weighted by Gasteiger charge is 2.32. The van der Waals surface area contributed by atoms with Crippen molar-refractivity contribution >= 4 is 23.2 Å². The van der Waals surface area contributed by atoms with Crippen LogP contribution < -0.4 is 5.32 Å². The summed E-state index contributed by atoms with van der Waals surface area (Å²) >= 11 is 1.50. The number of carbonyl (C=O) groups excluding carboxylic acids is 2. The molecular formula is C14H20N2O2S. The average molecular weight is 280 g/mol. The summed E-state index contributed by atoms with van der Waals surface area (Å²) in [5, 5.41) is 6.63. The molecule has 4 nitrogen and oxygen atoms in total. The van der Waals surface area contributed by atoms with E-state index < -0.39 is 0 Å². The van der Waals surface area contributed by atoms with Crippen molar-refractivity contribution in [2.24, 2.45) is 5.41 Å². The van der Waals surface area contributed by atoms with Crippen molar-refractivity contribution in [1.82, 2.24) is 10.2 Å². The Labute approximate surface area is 117 Å². The normalized spacial score (nSPS) is 19.8. The first kappa shape index (κ1) is 14.1. The molecule has 104 valence electrons. The molecule has 1 atom stereocenters. The Hall–Kier alpha value is -1.36. The van der Waals surface area contributed by atoms with E-state index in [4.69, 9.17) is 0 Å². The Kier molecular flexibility index (Phi) is 3.94. The first-order valence-electron chi connectivity index (χ1n) is 6.46. The maximum absolute atomic E-state index is 11.9. The van der Waals surface area contributed by atoms with E-state index in [9.17, 15) is 9.59 Å². The lowest BCUT2D eigenvalue weighted by Crippen LogP contribution is -2.39. The molecule has 1 aliphatic heterocycles. The van der Waals surface area contributed by atoms with Gasteiger partial charge >= 0.3 is 0 Å². The van der Waals surface area contributed by atoms with Crippen molar-refractivity contribution in [2.45, 2.75) is 33.2 Å². The lowest BCUT2D eigenvalue weighted by Gasteiger charge is -2.26. The quantitative estimate of drug-likeness (QED) is 0.922. The Morgan fingerprint density at radius 3 is 2.84 bits per heavy atom. The molecule has 1 saturated heterocycles. The molecule has 2 rings (SSSR count). The molecule has 19 heavy (non-hydrogen) atoms. The van der Waals surface area contributed by atoms with Gasteiger partial charge in [-0.15, -0.1) is 0 Å². The van der Waals surface area contributed by atoms with Gasteiger partial charge in [-0.3, -0.25) is 9.59 Å². The molecule has 1 N–H and O–H groups in total. The third-order valence-corrected chi connectivity index (χ3v) is 3.68. The van der Waals surface area contributed by atoms with Gasteiger partial charge in [-0.05, 0) is 16.9 Å². The number of likely N-dealkylation sites (tertiary alicyclic amines) is 1. The Bertz CT molecular complexity index is 462. The number of thiophene rings is 1. The van der Waals surface area contributed by atoms with Crippen LogP contribution in [-0.2, 0) is 4.79 Å². The van der Waals surface area contributed by atoms with Crippen LogP contribution in [0.1, 0.15) is 37.6 Å². The molecule has 1 aromatic heterocycles. The summed E-state index contributed by atoms with van der Waals surface area (Å²) in [6.45, 7) is 7.68. The van der Waals surface area contributed by atoms with Gasteiger partial charge in [0.25, 0.3) is 5.91 Å². The number of hydrogen-bond acceptors (Lipinski definition) is 3. The minimum Gasteiger partial charge on any atom is -0.347 e. The topological polar surface area (TPSA) is 49.4 Å². The van der Waals surface area contributed by atoms with E-state index in [1.54, 1.807) is 6.07 Å². The van der Waals surface area contributed by atoms with E-state index in [2.05, 4.69) is 26.1 Å². The molecular weight excluding hydrogens is 260 g/mol. The van der Waals surface area contributed by atoms with Crippen LogP contribution in [0.4, 0.5) is 0 Å². The first-order chi connectivity index (χ1) is 8.85. The van der Waals surface area contributed by atoms with Crippen LogP contribution in [0.25, 0.3) is 0 Å². The zero-order chi connectivity index (χ0) is 14.0. The SMILES string of the molecule is CC(C)(C)CN1C[C@H](NC(=O)c2ccsc2)CC1=O. The van der Waals surface area contributed by atoms with Gasteiger partial charge in [0.15, 0.2) is 0 Å². The van der Waals surface area contributed by atoms with Gasteiger partial charge in [0, 0.05) is 30.5 Å². The van der Waals surface area contributed by atoms with Crippen LogP contribution in [0.5, 0.6) is 0 Å². The lowest BCUT2D eigenvalue weighted by atomic mass is 9.96. The van der Waals surface area contributed by atoms with E-state index in [-0.39, 0.29) is 23.3 Å². The van der Waals surface area contributed by atoms with Gasteiger partial charge in [0.05, 0.1) is 6.04 Å². The fraction of sp³-hybridized carbons (Fsp3) is 0.571. The van der Waals surface area contributed by atoms with E-state index in [1.165, 1.54) is 11.3 Å². The predicted octanol–water partition coefficient (Wildman–Crippen LogP) is 2.12. The van der Waals surface area contributed by atoms with Crippen LogP contribution in [0.15, 0.2) is 16.8 Å². The van der Waals surface area contributed by atoms with Gasteiger partial charge in [0.2, 0.25) is 5.91 Å². The molecule has 5 heteroatoms. The summed E-state index contributed by atoms with van der Waals surface area (Å²) in [6.07, 6.45) is 0.409. The van der Waals surface area contributed by atoms with E-state index in [0.29, 0.717) is 18.5 Å². The molecule has 0 unspecified atom stereocenters. The third-order valence-electron chi connectivity index (χ3n) is 3.00. The van der Waals surface area contributed by atoms with E-state index in [1.807, 2.05) is 15.7 Å². The smallest absolute Gasteiger partial charge is 0.252 e. The number of nitrogens with one attached hydrogen (secondary N) is 1. The Morgan fingerprint density at radius 1 is 1.53 bits per heavy atom. The fourth-order valence-electron chi connectivity index (χ4n) is 2.26. The molecule has 1 aliphatic rings. The monoisotopic (exact) mass is 280 g/mol. The number of amides is 2. The van der Waals surface area contributed by atoms with Crippen LogP contribution in [0.2, 0.25) is 0 Å². The van der Waals surface area contributed by atoms with E-state index in [0.717, 1.165) is 6.54 Å². The van der Waals surface area contributed by atoms with Gasteiger partial charge in [0.1, 0.15) is 0 Å². The van der Waals surface area contributed by atoms with E-state index >= 15 is 0 Å². The van der Waals surface area contributed by atoms with Crippen molar-refractivity contribution in [3.8, 4) is 0 Å². The molecule has 2 amide bonds. The summed E-state index contributed by atoms with van der Waals surface area (Å²) in [5.41, 5.74) is 0.758. The molecule has 0 bridgehead atoms. The maximum atomic E-state index is 11.9. The second-order valence-electron chi connectivity index (χ2n) is 6.22. The highest BCUT2D eigenvalue weighted by molar-refractivity contribution is 7.08. The number of hydrogen-bond donors (Lipinski definition) is 1. The Balaban J connectivity index is 1.91. The molecule has 1 aromatic rings. The van der Waals surface area contributed by atoms with Crippen molar-refractivity contribution < 1.29 is 9.59 Å². The van der Waals surface area contributed by atoms with Crippen molar-refractivity contribution in [2.75, 3.05) is 13.1 Å². The highest BCUT2D eigenvalue weighted by Crippen LogP contribution is 2.20. The summed E-state index contributed by atoms with van der Waals surface area (Å²) in [5.74, 6) is 0.0437. The maximum Gasteiger partial charge on any atom is 0.252 e. The van der Waals surface area contributed by atoms with Crippen LogP contribution in [-0.4, -0.2) is 35.8 Å². The van der Waals surface area contributed by atoms with Gasteiger partial charge in [-0.25, -0.2) is 0 Å². The average Bonchev–Trinajstić information content (AvgIpc) is 2.87. The number of carbonyl (C=O) groups is 2. The molecule has 0 radical (unpaired) electrons. The summed E-state index contributed by atoms with van der Waals surface area (Å²) < 4.78 is 0. The summed E-state index contributed by atoms with van der Waals surface area (Å²) in [6, 6.07) is 1.73. The highest BCUT2D eigenvalue weighted by atomic mass is 32.1. The Morgan fingerprint density at radius 2 is 2.26 bits per heavy atom. The van der Waals surface area contributed by atoms with Crippen molar-refractivity contribution in [1.29, 1.82) is 0 Å². The van der Waals surface area contributed by atoms with Gasteiger partial charge < -0.3 is 10.2 Å². The largest absolute Gasteiger partial charge is 0.347 e. The summed E-state index contributed by atoms with van der Waals surface area (Å²) in [7, 11) is 0. The minimum atomic E-state index is -0.0864. The third kappa shape index (κ3) is 3.80. The predicted molar refractivity (Wildman–Crippen MR) is 76.2 cm³/mol. The molecule has 0 spiro atoms. The minimum absolute atomic E-state index is 0.0674. The van der Waals surface area contributed by atoms with Gasteiger partial charge in [-0.1, -0.05) is 20.8 Å². The zero-order valence-electron chi connectivity index (χ0n) is 11.6. The molecule has 1 fully saturated rings. The second-order valence-corrected chi connectivity index (χ2v) is 7.00. The molecule has 0 aromatic carbocycles. The number of nitrogens with zero attached hydrogens (tertiary/aromatic N) is 1. The number of rotatable bonds is 3. The van der Waals surface area contributed by atoms with Gasteiger partial charge in [-0.2, -0.15) is 11.3 Å².